The minimum atomic E-state index is -2.56. The summed E-state index contributed by atoms with van der Waals surface area (Å²) in [6, 6.07) is 0. The molecule has 0 aliphatic heterocycles. The topological polar surface area (TPSA) is 180 Å². The van der Waals surface area contributed by atoms with Crippen molar-refractivity contribution < 1.29 is 123 Å². The number of carbonyl (C=O) groups excluding carboxylic acids is 4. The van der Waals surface area contributed by atoms with E-state index in [1.54, 1.807) is 0 Å². The second kappa shape index (κ2) is 33.6. The quantitative estimate of drug-likeness (QED) is 0.00766. The van der Waals surface area contributed by atoms with Crippen molar-refractivity contribution >= 4 is 34.7 Å². The van der Waals surface area contributed by atoms with Crippen molar-refractivity contribution in [2.45, 2.75) is 55.4 Å². The molecule has 0 radical (unpaired) electrons. The zero-order chi connectivity index (χ0) is 55.5. The number of hydrogen-bond acceptors (Lipinski definition) is 14. The van der Waals surface area contributed by atoms with E-state index in [4.69, 9.17) is 34.2 Å². The molecule has 0 heterocycles. The second-order valence-corrected chi connectivity index (χ2v) is 15.9. The Labute approximate surface area is 415 Å². The molecule has 416 valence electrons. The Bertz CT molecular complexity index is 2160. The maximum absolute atomic E-state index is 14.3. The van der Waals surface area contributed by atoms with Crippen LogP contribution in [0.25, 0.3) is 0 Å². The molecule has 14 nitrogen and oxygen atoms in total. The van der Waals surface area contributed by atoms with Crippen LogP contribution in [-0.2, 0) is 52.3 Å². The van der Waals surface area contributed by atoms with Crippen LogP contribution in [0.1, 0.15) is 44.9 Å². The van der Waals surface area contributed by atoms with Gasteiger partial charge in [0.15, 0.2) is 40.0 Å². The molecular formula is C44H47F15N2O12S. The normalized spacial score (nSPS) is 13.0. The second-order valence-electron chi connectivity index (χ2n) is 14.8. The Morgan fingerprint density at radius 2 is 0.986 bits per heavy atom. The zero-order valence-corrected chi connectivity index (χ0v) is 39.4. The van der Waals surface area contributed by atoms with E-state index >= 15 is 0 Å². The Kier molecular flexibility index (Phi) is 29.5. The monoisotopic (exact) mass is 1110 g/mol. The number of alkyl halides is 1. The van der Waals surface area contributed by atoms with Crippen molar-refractivity contribution in [1.29, 1.82) is 0 Å². The van der Waals surface area contributed by atoms with E-state index < -0.39 is 204 Å². The Morgan fingerprint density at radius 1 is 0.527 bits per heavy atom. The Balaban J connectivity index is 2.32. The van der Waals surface area contributed by atoms with Gasteiger partial charge in [-0.3, -0.25) is 19.2 Å². The number of benzene rings is 2. The number of nitrogens with one attached hydrogen (secondary N) is 1. The molecule has 1 unspecified atom stereocenters. The van der Waals surface area contributed by atoms with E-state index in [1.165, 1.54) is 0 Å². The fraction of sp³-hybridized carbons (Fsp3) is 0.500. The van der Waals surface area contributed by atoms with Crippen LogP contribution in [0.4, 0.5) is 65.9 Å². The first kappa shape index (κ1) is 64.9. The lowest BCUT2D eigenvalue weighted by Crippen LogP contribution is -2.58. The summed E-state index contributed by atoms with van der Waals surface area (Å²) in [4.78, 5) is 49.4. The van der Waals surface area contributed by atoms with Crippen LogP contribution in [0.2, 0.25) is 0 Å². The number of thioether (sulfide) groups is 1. The first-order chi connectivity index (χ1) is 35.0. The molecule has 30 heteroatoms. The van der Waals surface area contributed by atoms with Gasteiger partial charge in [-0.25, -0.2) is 48.3 Å². The van der Waals surface area contributed by atoms with Crippen molar-refractivity contribution in [2.24, 2.45) is 5.73 Å². The third kappa shape index (κ3) is 21.2. The summed E-state index contributed by atoms with van der Waals surface area (Å²) < 4.78 is 248. The van der Waals surface area contributed by atoms with Gasteiger partial charge in [0.05, 0.1) is 90.4 Å². The Hall–Kier alpha value is -5.24. The number of allylic oxidation sites excluding steroid dienone is 4. The van der Waals surface area contributed by atoms with Gasteiger partial charge in [-0.2, -0.15) is 17.6 Å². The highest BCUT2D eigenvalue weighted by atomic mass is 32.2. The number of amides is 1. The van der Waals surface area contributed by atoms with E-state index in [9.17, 15) is 85.0 Å². The molecule has 0 saturated carbocycles. The van der Waals surface area contributed by atoms with E-state index in [-0.39, 0.29) is 32.7 Å². The molecule has 2 aromatic rings. The van der Waals surface area contributed by atoms with Crippen LogP contribution in [0.15, 0.2) is 40.5 Å². The van der Waals surface area contributed by atoms with Crippen molar-refractivity contribution in [3.05, 3.63) is 93.8 Å². The first-order valence-corrected chi connectivity index (χ1v) is 22.3. The summed E-state index contributed by atoms with van der Waals surface area (Å²) in [5.41, 5.74) is 3.26. The molecule has 0 fully saturated rings. The fourth-order valence-electron chi connectivity index (χ4n) is 5.49. The van der Waals surface area contributed by atoms with Crippen molar-refractivity contribution in [2.75, 3.05) is 92.5 Å². The SMILES string of the molecule is C=C(F)/C(F)=C(OC(=O)CCOCC(COCCC(=O)Oc1c(F)c(F)c(F)c(F)c1F)(COCCC(=O)Sc1c(F)c(F)c(F)c(F)c1F)NC(=O)CCCCCOCCOCCOCCN)\C(F)=C(\F)CF. The van der Waals surface area contributed by atoms with Crippen LogP contribution in [0, 0.1) is 58.2 Å². The number of carbonyl (C=O) groups is 4. The molecule has 1 atom stereocenters. The van der Waals surface area contributed by atoms with Gasteiger partial charge in [0, 0.05) is 26.0 Å². The molecule has 0 aliphatic carbocycles. The first-order valence-electron chi connectivity index (χ1n) is 21.5. The van der Waals surface area contributed by atoms with Gasteiger partial charge >= 0.3 is 11.9 Å². The lowest BCUT2D eigenvalue weighted by molar-refractivity contribution is -0.141. The van der Waals surface area contributed by atoms with Gasteiger partial charge in [-0.15, -0.1) is 0 Å². The van der Waals surface area contributed by atoms with Crippen LogP contribution in [-0.4, -0.2) is 121 Å². The predicted molar refractivity (Wildman–Crippen MR) is 226 cm³/mol. The van der Waals surface area contributed by atoms with Crippen molar-refractivity contribution in [3.8, 4) is 5.75 Å². The fourth-order valence-corrected chi connectivity index (χ4v) is 6.26. The molecule has 2 aromatic carbocycles. The molecule has 74 heavy (non-hydrogen) atoms. The molecule has 2 rings (SSSR count). The van der Waals surface area contributed by atoms with Crippen LogP contribution in [0.3, 0.4) is 0 Å². The van der Waals surface area contributed by atoms with E-state index in [1.807, 2.05) is 0 Å². The summed E-state index contributed by atoms with van der Waals surface area (Å²) >= 11 is -0.390. The molecule has 3 N–H and O–H groups in total. The summed E-state index contributed by atoms with van der Waals surface area (Å²) in [6.07, 6.45) is -2.17. The third-order valence-corrected chi connectivity index (χ3v) is 10.1. The standard InChI is InChI=1S/C44H47F15N2O12S/c1-23(46)29(48)41(30(49)24(47)19-45)72-26(63)6-11-69-20-44(61-25(62)5-3-2-4-10-66-15-17-68-18-16-67-14-9-60,21-70-12-7-27(64)73-42-37(56)33(52)31(50)34(53)38(42)57)22-71-13-8-28(65)74-43-39(58)35(54)32(51)36(55)40(43)59/h1-22,60H2,(H,61,62)/b30-24-,41-29-. The van der Waals surface area contributed by atoms with Crippen molar-refractivity contribution in [3.63, 3.8) is 0 Å². The highest BCUT2D eigenvalue weighted by molar-refractivity contribution is 8.13. The molecule has 0 spiro atoms. The average molecular weight is 1110 g/mol. The third-order valence-electron chi connectivity index (χ3n) is 9.07. The molecule has 0 aromatic heterocycles. The average Bonchev–Trinajstić information content (AvgIpc) is 3.37. The number of unbranched alkanes of at least 4 members (excludes halogenated alkanes) is 2. The number of hydrogen-bond donors (Lipinski definition) is 2. The molecule has 0 saturated heterocycles. The summed E-state index contributed by atoms with van der Waals surface area (Å²) in [5, 5.41) is 1.27. The smallest absolute Gasteiger partial charge is 0.313 e. The maximum atomic E-state index is 14.3. The largest absolute Gasteiger partial charge is 0.420 e. The lowest BCUT2D eigenvalue weighted by Gasteiger charge is -2.34. The molecule has 1 amide bonds. The number of esters is 2. The highest BCUT2D eigenvalue weighted by Crippen LogP contribution is 2.33. The lowest BCUT2D eigenvalue weighted by atomic mass is 10.0. The number of halogens is 15. The molecule has 0 bridgehead atoms. The minimum Gasteiger partial charge on any atom is -0.420 e. The summed E-state index contributed by atoms with van der Waals surface area (Å²) in [6.45, 7) is -2.68. The number of rotatable bonds is 36. The van der Waals surface area contributed by atoms with Gasteiger partial charge in [-0.1, -0.05) is 13.0 Å². The van der Waals surface area contributed by atoms with Gasteiger partial charge in [0.2, 0.25) is 64.0 Å². The van der Waals surface area contributed by atoms with Gasteiger partial charge < -0.3 is 48.9 Å². The van der Waals surface area contributed by atoms with E-state index in [0.717, 1.165) is 0 Å². The predicted octanol–water partition coefficient (Wildman–Crippen LogP) is 8.27. The van der Waals surface area contributed by atoms with Crippen LogP contribution in [0.5, 0.6) is 5.75 Å². The number of nitrogens with two attached hydrogens (primary N) is 1. The van der Waals surface area contributed by atoms with Gasteiger partial charge in [0.25, 0.3) is 0 Å². The number of ether oxygens (including phenoxy) is 8. The van der Waals surface area contributed by atoms with E-state index in [2.05, 4.69) is 21.4 Å². The highest BCUT2D eigenvalue weighted by Gasteiger charge is 2.35. The minimum absolute atomic E-state index is 0.174. The Morgan fingerprint density at radius 3 is 1.49 bits per heavy atom. The van der Waals surface area contributed by atoms with Crippen molar-refractivity contribution in [1.82, 2.24) is 5.32 Å². The van der Waals surface area contributed by atoms with E-state index in [0.29, 0.717) is 39.2 Å². The zero-order valence-electron chi connectivity index (χ0n) is 38.6. The van der Waals surface area contributed by atoms with Gasteiger partial charge in [-0.05, 0) is 24.6 Å². The maximum Gasteiger partial charge on any atom is 0.313 e. The van der Waals surface area contributed by atoms with Gasteiger partial charge in [0.1, 0.15) is 12.2 Å². The molecular weight excluding hydrogens is 1070 g/mol. The summed E-state index contributed by atoms with van der Waals surface area (Å²) in [7, 11) is 0. The van der Waals surface area contributed by atoms with Crippen LogP contribution < -0.4 is 15.8 Å². The molecule has 0 aliphatic rings. The summed E-state index contributed by atoms with van der Waals surface area (Å²) in [5.74, 6) is -41.6. The van der Waals surface area contributed by atoms with Crippen LogP contribution >= 0.6 is 11.8 Å².